The third-order valence-corrected chi connectivity index (χ3v) is 4.40. The summed E-state index contributed by atoms with van der Waals surface area (Å²) < 4.78 is 1.67. The first-order valence-electron chi connectivity index (χ1n) is 4.08. The molecule has 11 heavy (non-hydrogen) atoms. The van der Waals surface area contributed by atoms with Crippen LogP contribution in [0.25, 0.3) is 0 Å². The molecular weight excluding hydrogens is 315 g/mol. The van der Waals surface area contributed by atoms with Crippen molar-refractivity contribution < 1.29 is 24.4 Å². The summed E-state index contributed by atoms with van der Waals surface area (Å²) >= 11 is 1.26. The van der Waals surface area contributed by atoms with E-state index in [4.69, 9.17) is 0 Å². The molecule has 0 N–H and O–H groups in total. The summed E-state index contributed by atoms with van der Waals surface area (Å²) in [4.78, 5) is 0. The Morgan fingerprint density at radius 2 is 2.09 bits per heavy atom. The molecule has 0 spiro atoms. The normalized spacial score (nSPS) is 18.0. The van der Waals surface area contributed by atoms with Gasteiger partial charge in [0, 0.05) is 0 Å². The molecule has 0 unspecified atom stereocenters. The monoisotopic (exact) mass is 331 g/mol. The minimum absolute atomic E-state index is 0.849. The molecule has 0 radical (unpaired) electrons. The molecule has 0 aromatic rings. The molecule has 1 aliphatic carbocycles. The van der Waals surface area contributed by atoms with Gasteiger partial charge in [-0.3, -0.25) is 0 Å². The standard InChI is InChI=1S/C9H15Si.Hf/c1-10(2,3)8-9-6-4-5-7-9;/h6-7H,4,8H2,1-3H3;. The van der Waals surface area contributed by atoms with Gasteiger partial charge in [-0.2, -0.15) is 0 Å². The summed E-state index contributed by atoms with van der Waals surface area (Å²) in [6.07, 6.45) is 6.09. The van der Waals surface area contributed by atoms with Crippen molar-refractivity contribution in [3.8, 4) is 0 Å². The van der Waals surface area contributed by atoms with Crippen molar-refractivity contribution in [2.24, 2.45) is 0 Å². The second-order valence-corrected chi connectivity index (χ2v) is 12.2. The van der Waals surface area contributed by atoms with Crippen LogP contribution in [-0.2, 0) is 24.4 Å². The zero-order valence-electron chi connectivity index (χ0n) is 7.57. The van der Waals surface area contributed by atoms with E-state index < -0.39 is 8.07 Å². The molecule has 0 amide bonds. The predicted molar refractivity (Wildman–Crippen MR) is 48.9 cm³/mol. The molecule has 0 aromatic carbocycles. The van der Waals surface area contributed by atoms with E-state index in [0.29, 0.717) is 0 Å². The molecule has 0 aromatic heterocycles. The summed E-state index contributed by atoms with van der Waals surface area (Å²) in [7, 11) is -0.849. The van der Waals surface area contributed by atoms with Crippen LogP contribution in [0.5, 0.6) is 0 Å². The summed E-state index contributed by atoms with van der Waals surface area (Å²) in [5.41, 5.74) is 1.62. The van der Waals surface area contributed by atoms with Crippen LogP contribution in [0.3, 0.4) is 0 Å². The Balaban J connectivity index is 2.53. The minimum atomic E-state index is -0.849. The molecule has 0 nitrogen and oxygen atoms in total. The maximum atomic E-state index is 2.44. The Morgan fingerprint density at radius 1 is 1.45 bits per heavy atom. The first-order chi connectivity index (χ1) is 4.97. The van der Waals surface area contributed by atoms with Crippen molar-refractivity contribution in [2.45, 2.75) is 32.1 Å². The third-order valence-electron chi connectivity index (χ3n) is 1.68. The Labute approximate surface area is 85.3 Å². The summed E-state index contributed by atoms with van der Waals surface area (Å²) in [6, 6.07) is 1.37. The van der Waals surface area contributed by atoms with Crippen LogP contribution in [-0.4, -0.2) is 8.07 Å². The van der Waals surface area contributed by atoms with Gasteiger partial charge in [0.2, 0.25) is 0 Å². The number of rotatable bonds is 2. The number of hydrogen-bond donors (Lipinski definition) is 0. The Morgan fingerprint density at radius 3 is 2.45 bits per heavy atom. The SMILES string of the molecule is C[Si](C)(C)CC1=CC[C]([Hf])=C1. The molecule has 0 saturated carbocycles. The quantitative estimate of drug-likeness (QED) is 0.683. The molecule has 0 heterocycles. The topological polar surface area (TPSA) is 0 Å². The van der Waals surface area contributed by atoms with Crippen molar-refractivity contribution in [1.29, 1.82) is 0 Å². The Bertz CT molecular complexity index is 208. The van der Waals surface area contributed by atoms with E-state index in [1.807, 2.05) is 0 Å². The molecule has 2 heteroatoms. The number of allylic oxidation sites excluding steroid dienone is 4. The van der Waals surface area contributed by atoms with E-state index >= 15 is 0 Å². The van der Waals surface area contributed by atoms with Crippen LogP contribution in [0.4, 0.5) is 0 Å². The molecule has 0 atom stereocenters. The van der Waals surface area contributed by atoms with Crippen molar-refractivity contribution in [2.75, 3.05) is 0 Å². The van der Waals surface area contributed by atoms with Crippen LogP contribution in [0, 0.1) is 0 Å². The van der Waals surface area contributed by atoms with E-state index in [1.165, 1.54) is 36.8 Å². The van der Waals surface area contributed by atoms with Gasteiger partial charge in [0.1, 0.15) is 0 Å². The van der Waals surface area contributed by atoms with Gasteiger partial charge in [0.15, 0.2) is 0 Å². The van der Waals surface area contributed by atoms with E-state index in [-0.39, 0.29) is 0 Å². The second kappa shape index (κ2) is 3.52. The third kappa shape index (κ3) is 3.65. The van der Waals surface area contributed by atoms with E-state index in [0.717, 1.165) is 0 Å². The van der Waals surface area contributed by atoms with Gasteiger partial charge >= 0.3 is 85.6 Å². The van der Waals surface area contributed by atoms with Crippen molar-refractivity contribution in [3.63, 3.8) is 0 Å². The van der Waals surface area contributed by atoms with E-state index in [2.05, 4.69) is 31.8 Å². The molecule has 0 saturated heterocycles. The average molecular weight is 330 g/mol. The number of hydrogen-bond acceptors (Lipinski definition) is 0. The summed E-state index contributed by atoms with van der Waals surface area (Å²) in [5.74, 6) is 0. The Hall–Kier alpha value is 0.567. The van der Waals surface area contributed by atoms with E-state index in [9.17, 15) is 0 Å². The van der Waals surface area contributed by atoms with Crippen LogP contribution in [0.2, 0.25) is 25.7 Å². The van der Waals surface area contributed by atoms with Crippen molar-refractivity contribution >= 4 is 8.07 Å². The Kier molecular flexibility index (Phi) is 3.09. The van der Waals surface area contributed by atoms with Gasteiger partial charge in [-0.1, -0.05) is 0 Å². The predicted octanol–water partition coefficient (Wildman–Crippen LogP) is 3.09. The maximum absolute atomic E-state index is 2.44. The van der Waals surface area contributed by atoms with Gasteiger partial charge in [-0.15, -0.1) is 0 Å². The first-order valence-corrected chi connectivity index (χ1v) is 9.59. The molecule has 1 aliphatic rings. The zero-order chi connectivity index (χ0) is 8.48. The second-order valence-electron chi connectivity index (χ2n) is 4.39. The summed E-state index contributed by atoms with van der Waals surface area (Å²) in [5, 5.41) is 0. The molecule has 0 fully saturated rings. The molecule has 0 aliphatic heterocycles. The van der Waals surface area contributed by atoms with Gasteiger partial charge in [-0.25, -0.2) is 0 Å². The van der Waals surface area contributed by atoms with Crippen molar-refractivity contribution in [1.82, 2.24) is 0 Å². The van der Waals surface area contributed by atoms with Gasteiger partial charge in [0.25, 0.3) is 0 Å². The fourth-order valence-corrected chi connectivity index (χ4v) is 3.82. The molecule has 1 rings (SSSR count). The van der Waals surface area contributed by atoms with Crippen LogP contribution in [0.1, 0.15) is 6.42 Å². The molecule has 0 bridgehead atoms. The zero-order valence-corrected chi connectivity index (χ0v) is 12.2. The summed E-state index contributed by atoms with van der Waals surface area (Å²) in [6.45, 7) is 7.31. The van der Waals surface area contributed by atoms with Crippen LogP contribution >= 0.6 is 0 Å². The van der Waals surface area contributed by atoms with Crippen LogP contribution < -0.4 is 0 Å². The van der Waals surface area contributed by atoms with E-state index in [1.54, 1.807) is 8.90 Å². The van der Waals surface area contributed by atoms with Gasteiger partial charge in [-0.05, 0) is 0 Å². The van der Waals surface area contributed by atoms with Gasteiger partial charge in [0.05, 0.1) is 0 Å². The molecular formula is C9H15HfSi. The van der Waals surface area contributed by atoms with Gasteiger partial charge < -0.3 is 0 Å². The average Bonchev–Trinajstić information content (AvgIpc) is 2.10. The molecule has 59 valence electrons. The van der Waals surface area contributed by atoms with Crippen molar-refractivity contribution in [3.05, 3.63) is 21.1 Å². The fraction of sp³-hybridized carbons (Fsp3) is 0.556. The fourth-order valence-electron chi connectivity index (χ4n) is 1.32. The van der Waals surface area contributed by atoms with Crippen LogP contribution in [0.15, 0.2) is 21.1 Å². The first kappa shape index (κ1) is 9.65.